The zero-order chi connectivity index (χ0) is 12.8. The number of nitrogens with one attached hydrogen (secondary N) is 1. The molecule has 0 bridgehead atoms. The maximum Gasteiger partial charge on any atom is 0.254 e. The second-order valence-corrected chi connectivity index (χ2v) is 4.32. The lowest BCUT2D eigenvalue weighted by molar-refractivity contribution is 0.0957. The molecule has 5 nitrogen and oxygen atoms in total. The summed E-state index contributed by atoms with van der Waals surface area (Å²) in [4.78, 5) is 22.3. The largest absolute Gasteiger partial charge is 0.348 e. The number of anilines is 1. The van der Waals surface area contributed by atoms with E-state index >= 15 is 0 Å². The molecule has 0 radical (unpaired) electrons. The SMILES string of the molecule is C=CCNC(=O)c1cnc(N2CCCCC2)nc1. The Hall–Kier alpha value is -1.91. The monoisotopic (exact) mass is 246 g/mol. The Morgan fingerprint density at radius 1 is 1.33 bits per heavy atom. The summed E-state index contributed by atoms with van der Waals surface area (Å²) in [6.45, 7) is 6.00. The molecule has 0 saturated carbocycles. The second-order valence-electron chi connectivity index (χ2n) is 4.32. The van der Waals surface area contributed by atoms with Gasteiger partial charge in [-0.3, -0.25) is 4.79 Å². The Kier molecular flexibility index (Phi) is 4.28. The van der Waals surface area contributed by atoms with Gasteiger partial charge in [0.2, 0.25) is 5.95 Å². The van der Waals surface area contributed by atoms with Crippen LogP contribution in [0.4, 0.5) is 5.95 Å². The van der Waals surface area contributed by atoms with Crippen LogP contribution in [0, 0.1) is 0 Å². The van der Waals surface area contributed by atoms with Crippen molar-refractivity contribution >= 4 is 11.9 Å². The quantitative estimate of drug-likeness (QED) is 0.815. The molecule has 0 aromatic carbocycles. The third-order valence-corrected chi connectivity index (χ3v) is 2.95. The van der Waals surface area contributed by atoms with Crippen molar-refractivity contribution in [3.05, 3.63) is 30.6 Å². The predicted molar refractivity (Wildman–Crippen MR) is 70.6 cm³/mol. The number of piperidine rings is 1. The molecule has 0 atom stereocenters. The topological polar surface area (TPSA) is 58.1 Å². The van der Waals surface area contributed by atoms with Crippen LogP contribution < -0.4 is 10.2 Å². The summed E-state index contributed by atoms with van der Waals surface area (Å²) in [6.07, 6.45) is 8.44. The molecule has 1 N–H and O–H groups in total. The number of hydrogen-bond donors (Lipinski definition) is 1. The van der Waals surface area contributed by atoms with Gasteiger partial charge in [0.1, 0.15) is 0 Å². The number of carbonyl (C=O) groups is 1. The zero-order valence-electron chi connectivity index (χ0n) is 10.4. The lowest BCUT2D eigenvalue weighted by Gasteiger charge is -2.26. The summed E-state index contributed by atoms with van der Waals surface area (Å²) in [5.74, 6) is 0.551. The van der Waals surface area contributed by atoms with E-state index in [0.717, 1.165) is 19.0 Å². The minimum Gasteiger partial charge on any atom is -0.348 e. The van der Waals surface area contributed by atoms with Crippen LogP contribution in [0.1, 0.15) is 29.6 Å². The first-order valence-electron chi connectivity index (χ1n) is 6.27. The Morgan fingerprint density at radius 2 is 2.00 bits per heavy atom. The van der Waals surface area contributed by atoms with Gasteiger partial charge in [0.15, 0.2) is 0 Å². The Morgan fingerprint density at radius 3 is 2.61 bits per heavy atom. The third kappa shape index (κ3) is 3.06. The molecule has 2 heterocycles. The number of hydrogen-bond acceptors (Lipinski definition) is 4. The van der Waals surface area contributed by atoms with Crippen molar-refractivity contribution in [2.24, 2.45) is 0 Å². The summed E-state index contributed by atoms with van der Waals surface area (Å²) in [5.41, 5.74) is 0.484. The average Bonchev–Trinajstić information content (AvgIpc) is 2.46. The normalized spacial score (nSPS) is 15.2. The van der Waals surface area contributed by atoms with Crippen molar-refractivity contribution in [3.8, 4) is 0 Å². The van der Waals surface area contributed by atoms with Crippen molar-refractivity contribution in [2.75, 3.05) is 24.5 Å². The summed E-state index contributed by atoms with van der Waals surface area (Å²) < 4.78 is 0. The highest BCUT2D eigenvalue weighted by atomic mass is 16.1. The summed E-state index contributed by atoms with van der Waals surface area (Å²) >= 11 is 0. The van der Waals surface area contributed by atoms with E-state index < -0.39 is 0 Å². The summed E-state index contributed by atoms with van der Waals surface area (Å²) in [5, 5.41) is 2.70. The van der Waals surface area contributed by atoms with Gasteiger partial charge in [-0.15, -0.1) is 6.58 Å². The minimum atomic E-state index is -0.167. The fraction of sp³-hybridized carbons (Fsp3) is 0.462. The van der Waals surface area contributed by atoms with Gasteiger partial charge in [0.05, 0.1) is 5.56 Å². The molecule has 1 aromatic rings. The molecule has 18 heavy (non-hydrogen) atoms. The van der Waals surface area contributed by atoms with E-state index in [-0.39, 0.29) is 5.91 Å². The van der Waals surface area contributed by atoms with Gasteiger partial charge in [-0.25, -0.2) is 9.97 Å². The molecule has 0 aliphatic carbocycles. The van der Waals surface area contributed by atoms with Crippen molar-refractivity contribution in [3.63, 3.8) is 0 Å². The zero-order valence-corrected chi connectivity index (χ0v) is 10.4. The smallest absolute Gasteiger partial charge is 0.254 e. The lowest BCUT2D eigenvalue weighted by Crippen LogP contribution is -2.31. The van der Waals surface area contributed by atoms with Crippen LogP contribution in [-0.4, -0.2) is 35.5 Å². The average molecular weight is 246 g/mol. The highest BCUT2D eigenvalue weighted by Gasteiger charge is 2.14. The number of amides is 1. The number of aromatic nitrogens is 2. The van der Waals surface area contributed by atoms with Gasteiger partial charge in [-0.2, -0.15) is 0 Å². The van der Waals surface area contributed by atoms with E-state index in [1.54, 1.807) is 18.5 Å². The van der Waals surface area contributed by atoms with Crippen LogP contribution in [0.15, 0.2) is 25.0 Å². The maximum absolute atomic E-state index is 11.6. The lowest BCUT2D eigenvalue weighted by atomic mass is 10.1. The standard InChI is InChI=1S/C13H18N4O/c1-2-6-14-12(18)11-9-15-13(16-10-11)17-7-4-3-5-8-17/h2,9-10H,1,3-8H2,(H,14,18). The first-order chi connectivity index (χ1) is 8.81. The van der Waals surface area contributed by atoms with Crippen LogP contribution in [-0.2, 0) is 0 Å². The first-order valence-corrected chi connectivity index (χ1v) is 6.27. The molecule has 2 rings (SSSR count). The van der Waals surface area contributed by atoms with E-state index in [4.69, 9.17) is 0 Å². The van der Waals surface area contributed by atoms with E-state index in [2.05, 4.69) is 26.8 Å². The van der Waals surface area contributed by atoms with E-state index in [0.29, 0.717) is 12.1 Å². The molecule has 96 valence electrons. The van der Waals surface area contributed by atoms with Gasteiger partial charge in [0, 0.05) is 32.0 Å². The number of carbonyl (C=O) groups excluding carboxylic acids is 1. The molecule has 0 spiro atoms. The van der Waals surface area contributed by atoms with Gasteiger partial charge in [0.25, 0.3) is 5.91 Å². The van der Waals surface area contributed by atoms with Crippen LogP contribution >= 0.6 is 0 Å². The van der Waals surface area contributed by atoms with Gasteiger partial charge in [-0.1, -0.05) is 6.08 Å². The second kappa shape index (κ2) is 6.14. The van der Waals surface area contributed by atoms with Gasteiger partial charge >= 0.3 is 0 Å². The van der Waals surface area contributed by atoms with Crippen molar-refractivity contribution < 1.29 is 4.79 Å². The highest BCUT2D eigenvalue weighted by Crippen LogP contribution is 2.14. The predicted octanol–water partition coefficient (Wildman–Crippen LogP) is 1.38. The van der Waals surface area contributed by atoms with Gasteiger partial charge < -0.3 is 10.2 Å². The third-order valence-electron chi connectivity index (χ3n) is 2.95. The van der Waals surface area contributed by atoms with Crippen LogP contribution in [0.3, 0.4) is 0 Å². The fourth-order valence-corrected chi connectivity index (χ4v) is 1.96. The molecular formula is C13H18N4O. The highest BCUT2D eigenvalue weighted by molar-refractivity contribution is 5.93. The molecule has 5 heteroatoms. The Balaban J connectivity index is 2.00. The molecular weight excluding hydrogens is 228 g/mol. The summed E-state index contributed by atoms with van der Waals surface area (Å²) in [7, 11) is 0. The van der Waals surface area contributed by atoms with Gasteiger partial charge in [-0.05, 0) is 19.3 Å². The van der Waals surface area contributed by atoms with E-state index in [1.807, 2.05) is 0 Å². The fourth-order valence-electron chi connectivity index (χ4n) is 1.96. The van der Waals surface area contributed by atoms with Crippen molar-refractivity contribution in [2.45, 2.75) is 19.3 Å². The first kappa shape index (κ1) is 12.5. The van der Waals surface area contributed by atoms with Crippen LogP contribution in [0.2, 0.25) is 0 Å². The Bertz CT molecular complexity index is 410. The molecule has 0 unspecified atom stereocenters. The van der Waals surface area contributed by atoms with Crippen LogP contribution in [0.5, 0.6) is 0 Å². The van der Waals surface area contributed by atoms with E-state index in [9.17, 15) is 4.79 Å². The van der Waals surface area contributed by atoms with Crippen molar-refractivity contribution in [1.29, 1.82) is 0 Å². The molecule has 1 aliphatic heterocycles. The molecule has 1 amide bonds. The molecule has 1 aliphatic rings. The molecule has 1 fully saturated rings. The molecule has 1 saturated heterocycles. The van der Waals surface area contributed by atoms with E-state index in [1.165, 1.54) is 19.3 Å². The van der Waals surface area contributed by atoms with Crippen molar-refractivity contribution in [1.82, 2.24) is 15.3 Å². The van der Waals surface area contributed by atoms with Crippen LogP contribution in [0.25, 0.3) is 0 Å². The number of rotatable bonds is 4. The molecule has 1 aromatic heterocycles. The summed E-state index contributed by atoms with van der Waals surface area (Å²) in [6, 6.07) is 0. The minimum absolute atomic E-state index is 0.167. The Labute approximate surface area is 107 Å². The number of nitrogens with zero attached hydrogens (tertiary/aromatic N) is 3. The maximum atomic E-state index is 11.6.